The number of hydrogen-bond acceptors (Lipinski definition) is 4. The highest BCUT2D eigenvalue weighted by atomic mass is 32.1. The molecule has 78 valence electrons. The van der Waals surface area contributed by atoms with E-state index in [1.54, 1.807) is 13.0 Å². The van der Waals surface area contributed by atoms with Gasteiger partial charge in [0.05, 0.1) is 17.7 Å². The average Bonchev–Trinajstić information content (AvgIpc) is 2.21. The second-order valence-electron chi connectivity index (χ2n) is 2.68. The van der Waals surface area contributed by atoms with E-state index in [2.05, 4.69) is 17.4 Å². The summed E-state index contributed by atoms with van der Waals surface area (Å²) in [5, 5.41) is 8.74. The molecule has 0 spiro atoms. The van der Waals surface area contributed by atoms with Gasteiger partial charge in [-0.05, 0) is 19.1 Å². The molecule has 1 rings (SSSR count). The first kappa shape index (κ1) is 11.5. The van der Waals surface area contributed by atoms with Gasteiger partial charge in [0, 0.05) is 4.90 Å². The summed E-state index contributed by atoms with van der Waals surface area (Å²) in [4.78, 5) is 11.4. The van der Waals surface area contributed by atoms with Crippen LogP contribution in [0.1, 0.15) is 22.8 Å². The van der Waals surface area contributed by atoms with Crippen LogP contribution in [0.3, 0.4) is 0 Å². The summed E-state index contributed by atoms with van der Waals surface area (Å²) in [7, 11) is 0. The van der Waals surface area contributed by atoms with Crippen molar-refractivity contribution in [1.29, 1.82) is 5.26 Å². The van der Waals surface area contributed by atoms with Crippen LogP contribution in [0.15, 0.2) is 17.0 Å². The number of benzene rings is 1. The Balaban J connectivity index is 3.23. The number of hydrogen-bond donors (Lipinski definition) is 1. The first-order valence-electron chi connectivity index (χ1n) is 4.19. The van der Waals surface area contributed by atoms with Crippen LogP contribution in [0.25, 0.3) is 0 Å². The first-order chi connectivity index (χ1) is 7.10. The molecule has 0 unspecified atom stereocenters. The van der Waals surface area contributed by atoms with Crippen molar-refractivity contribution in [3.63, 3.8) is 0 Å². The standard InChI is InChI=1S/C10H8FNO2S/c1-2-14-10(13)7-4-8(11)9(15)3-6(7)5-12/h3-4,15H,2H2,1H3. The molecule has 0 heterocycles. The van der Waals surface area contributed by atoms with E-state index >= 15 is 0 Å². The smallest absolute Gasteiger partial charge is 0.339 e. The number of rotatable bonds is 2. The van der Waals surface area contributed by atoms with Crippen LogP contribution in [0.5, 0.6) is 0 Å². The van der Waals surface area contributed by atoms with Gasteiger partial charge in [0.15, 0.2) is 0 Å². The fourth-order valence-corrected chi connectivity index (χ4v) is 1.23. The predicted octanol–water partition coefficient (Wildman–Crippen LogP) is 2.16. The van der Waals surface area contributed by atoms with E-state index in [0.29, 0.717) is 0 Å². The summed E-state index contributed by atoms with van der Waals surface area (Å²) in [6.07, 6.45) is 0. The molecule has 0 fully saturated rings. The van der Waals surface area contributed by atoms with Crippen LogP contribution in [0.2, 0.25) is 0 Å². The van der Waals surface area contributed by atoms with Gasteiger partial charge >= 0.3 is 5.97 Å². The van der Waals surface area contributed by atoms with Gasteiger partial charge in [0.25, 0.3) is 0 Å². The molecule has 0 aliphatic rings. The third-order valence-electron chi connectivity index (χ3n) is 1.70. The number of esters is 1. The van der Waals surface area contributed by atoms with Gasteiger partial charge in [-0.1, -0.05) is 0 Å². The van der Waals surface area contributed by atoms with Crippen molar-refractivity contribution in [1.82, 2.24) is 0 Å². The first-order valence-corrected chi connectivity index (χ1v) is 4.64. The van der Waals surface area contributed by atoms with Crippen LogP contribution < -0.4 is 0 Å². The summed E-state index contributed by atoms with van der Waals surface area (Å²) < 4.78 is 17.8. The van der Waals surface area contributed by atoms with Crippen LogP contribution in [-0.2, 0) is 4.74 Å². The van der Waals surface area contributed by atoms with Crippen molar-refractivity contribution in [3.05, 3.63) is 29.1 Å². The molecule has 1 aromatic carbocycles. The lowest BCUT2D eigenvalue weighted by Crippen LogP contribution is -2.07. The van der Waals surface area contributed by atoms with Gasteiger partial charge in [-0.25, -0.2) is 9.18 Å². The Bertz CT molecular complexity index is 440. The van der Waals surface area contributed by atoms with Gasteiger partial charge in [-0.2, -0.15) is 5.26 Å². The highest BCUT2D eigenvalue weighted by Crippen LogP contribution is 2.19. The van der Waals surface area contributed by atoms with Crippen LogP contribution in [0.4, 0.5) is 4.39 Å². The Kier molecular flexibility index (Phi) is 3.69. The predicted molar refractivity (Wildman–Crippen MR) is 54.3 cm³/mol. The average molecular weight is 225 g/mol. The van der Waals surface area contributed by atoms with Crippen molar-refractivity contribution in [2.75, 3.05) is 6.61 Å². The highest BCUT2D eigenvalue weighted by Gasteiger charge is 2.15. The van der Waals surface area contributed by atoms with Crippen molar-refractivity contribution >= 4 is 18.6 Å². The minimum atomic E-state index is -0.707. The Hall–Kier alpha value is -1.54. The molecular weight excluding hydrogens is 217 g/mol. The summed E-state index contributed by atoms with van der Waals surface area (Å²) in [5.74, 6) is -1.36. The Morgan fingerprint density at radius 2 is 2.33 bits per heavy atom. The minimum absolute atomic E-state index is 0.0274. The van der Waals surface area contributed by atoms with Crippen molar-refractivity contribution in [2.45, 2.75) is 11.8 Å². The number of carbonyl (C=O) groups excluding carboxylic acids is 1. The van der Waals surface area contributed by atoms with E-state index in [1.807, 2.05) is 0 Å². The van der Waals surface area contributed by atoms with E-state index in [9.17, 15) is 9.18 Å². The maximum atomic E-state index is 13.1. The van der Waals surface area contributed by atoms with Gasteiger partial charge in [-0.15, -0.1) is 12.6 Å². The fraction of sp³-hybridized carbons (Fsp3) is 0.200. The lowest BCUT2D eigenvalue weighted by molar-refractivity contribution is 0.0525. The summed E-state index contributed by atoms with van der Waals surface area (Å²) in [5.41, 5.74) is -0.0190. The fourth-order valence-electron chi connectivity index (χ4n) is 1.03. The zero-order valence-corrected chi connectivity index (χ0v) is 8.85. The van der Waals surface area contributed by atoms with Gasteiger partial charge in [0.1, 0.15) is 11.9 Å². The zero-order chi connectivity index (χ0) is 11.4. The van der Waals surface area contributed by atoms with Crippen molar-refractivity contribution in [2.24, 2.45) is 0 Å². The molecule has 0 atom stereocenters. The minimum Gasteiger partial charge on any atom is -0.462 e. The maximum absolute atomic E-state index is 13.1. The normalized spacial score (nSPS) is 9.47. The van der Waals surface area contributed by atoms with Crippen molar-refractivity contribution in [3.8, 4) is 6.07 Å². The monoisotopic (exact) mass is 225 g/mol. The quantitative estimate of drug-likeness (QED) is 0.619. The lowest BCUT2D eigenvalue weighted by Gasteiger charge is -2.04. The maximum Gasteiger partial charge on any atom is 0.339 e. The molecule has 0 saturated heterocycles. The van der Waals surface area contributed by atoms with Crippen LogP contribution in [-0.4, -0.2) is 12.6 Å². The van der Waals surface area contributed by atoms with Gasteiger partial charge < -0.3 is 4.74 Å². The molecule has 5 heteroatoms. The number of ether oxygens (including phenoxy) is 1. The van der Waals surface area contributed by atoms with E-state index in [0.717, 1.165) is 6.07 Å². The molecule has 0 N–H and O–H groups in total. The third-order valence-corrected chi connectivity index (χ3v) is 2.05. The zero-order valence-electron chi connectivity index (χ0n) is 7.95. The molecule has 1 aromatic rings. The molecule has 0 saturated carbocycles. The Labute approximate surface area is 91.9 Å². The lowest BCUT2D eigenvalue weighted by atomic mass is 10.1. The van der Waals surface area contributed by atoms with E-state index in [4.69, 9.17) is 5.26 Å². The largest absolute Gasteiger partial charge is 0.462 e. The topological polar surface area (TPSA) is 50.1 Å². The molecule has 0 bridgehead atoms. The van der Waals surface area contributed by atoms with Crippen LogP contribution >= 0.6 is 12.6 Å². The van der Waals surface area contributed by atoms with Crippen LogP contribution in [0, 0.1) is 17.1 Å². The summed E-state index contributed by atoms with van der Waals surface area (Å²) in [6, 6.07) is 3.94. The summed E-state index contributed by atoms with van der Waals surface area (Å²) >= 11 is 3.81. The third kappa shape index (κ3) is 2.48. The number of nitriles is 1. The van der Waals surface area contributed by atoms with E-state index < -0.39 is 11.8 Å². The molecule has 0 aliphatic heterocycles. The molecule has 0 radical (unpaired) electrons. The van der Waals surface area contributed by atoms with E-state index in [1.165, 1.54) is 6.07 Å². The van der Waals surface area contributed by atoms with E-state index in [-0.39, 0.29) is 22.6 Å². The number of carbonyl (C=O) groups is 1. The Morgan fingerprint density at radius 3 is 2.87 bits per heavy atom. The molecule has 0 aromatic heterocycles. The molecule has 0 amide bonds. The molecule has 15 heavy (non-hydrogen) atoms. The molecule has 3 nitrogen and oxygen atoms in total. The van der Waals surface area contributed by atoms with Gasteiger partial charge in [0.2, 0.25) is 0 Å². The SMILES string of the molecule is CCOC(=O)c1cc(F)c(S)cc1C#N. The second-order valence-corrected chi connectivity index (χ2v) is 3.16. The molecular formula is C10H8FNO2S. The Morgan fingerprint density at radius 1 is 1.67 bits per heavy atom. The van der Waals surface area contributed by atoms with Gasteiger partial charge in [-0.3, -0.25) is 0 Å². The summed E-state index contributed by atoms with van der Waals surface area (Å²) in [6.45, 7) is 1.81. The highest BCUT2D eigenvalue weighted by molar-refractivity contribution is 7.80. The molecule has 0 aliphatic carbocycles. The second kappa shape index (κ2) is 4.80. The number of thiol groups is 1. The number of halogens is 1. The van der Waals surface area contributed by atoms with Crippen molar-refractivity contribution < 1.29 is 13.9 Å². The number of nitrogens with zero attached hydrogens (tertiary/aromatic N) is 1.